The van der Waals surface area contributed by atoms with Gasteiger partial charge >= 0.3 is 0 Å². The summed E-state index contributed by atoms with van der Waals surface area (Å²) in [5.74, 6) is 2.13. The summed E-state index contributed by atoms with van der Waals surface area (Å²) >= 11 is 2.14. The minimum absolute atomic E-state index is 0.294. The van der Waals surface area contributed by atoms with E-state index in [1.807, 2.05) is 0 Å². The van der Waals surface area contributed by atoms with Crippen LogP contribution in [0.1, 0.15) is 66.7 Å². The van der Waals surface area contributed by atoms with Gasteiger partial charge in [0.25, 0.3) is 0 Å². The maximum Gasteiger partial charge on any atom is 0.0332 e. The van der Waals surface area contributed by atoms with Crippen molar-refractivity contribution in [2.24, 2.45) is 17.1 Å². The Labute approximate surface area is 136 Å². The standard InChI is InChI=1S/C18H36N2S/c1-16(2,3)15-6-8-18(14-19,9-7-15)20-11-10-17(4,5)21-13-12-20/h15H,6-14,19H2,1-5H3. The Morgan fingerprint density at radius 2 is 1.71 bits per heavy atom. The van der Waals surface area contributed by atoms with Crippen LogP contribution in [-0.2, 0) is 0 Å². The van der Waals surface area contributed by atoms with E-state index in [9.17, 15) is 0 Å². The van der Waals surface area contributed by atoms with E-state index in [1.165, 1.54) is 50.9 Å². The van der Waals surface area contributed by atoms with Gasteiger partial charge in [-0.1, -0.05) is 34.6 Å². The first-order valence-electron chi connectivity index (χ1n) is 8.78. The number of nitrogens with zero attached hydrogens (tertiary/aromatic N) is 1. The first kappa shape index (κ1) is 17.6. The van der Waals surface area contributed by atoms with Gasteiger partial charge in [-0.25, -0.2) is 0 Å². The molecule has 2 rings (SSSR count). The summed E-state index contributed by atoms with van der Waals surface area (Å²) in [6.45, 7) is 15.3. The molecule has 0 unspecified atom stereocenters. The molecule has 0 aromatic carbocycles. The average Bonchev–Trinajstić information content (AvgIpc) is 2.59. The molecule has 1 aliphatic carbocycles. The molecule has 124 valence electrons. The Hall–Kier alpha value is 0.270. The molecule has 3 heteroatoms. The zero-order chi connectivity index (χ0) is 15.7. The van der Waals surface area contributed by atoms with E-state index in [1.54, 1.807) is 0 Å². The minimum atomic E-state index is 0.294. The molecular weight excluding hydrogens is 276 g/mol. The zero-order valence-corrected chi connectivity index (χ0v) is 15.7. The SMILES string of the molecule is CC1(C)CCN(C2(CN)CCC(C(C)(C)C)CC2)CCS1. The molecule has 21 heavy (non-hydrogen) atoms. The van der Waals surface area contributed by atoms with Crippen LogP contribution in [0, 0.1) is 11.3 Å². The summed E-state index contributed by atoms with van der Waals surface area (Å²) in [7, 11) is 0. The fourth-order valence-electron chi connectivity index (χ4n) is 4.17. The highest BCUT2D eigenvalue weighted by atomic mass is 32.2. The van der Waals surface area contributed by atoms with Gasteiger partial charge in [-0.05, 0) is 43.4 Å². The van der Waals surface area contributed by atoms with Gasteiger partial charge in [0.2, 0.25) is 0 Å². The Morgan fingerprint density at radius 3 is 2.24 bits per heavy atom. The van der Waals surface area contributed by atoms with Gasteiger partial charge in [0, 0.05) is 35.7 Å². The van der Waals surface area contributed by atoms with Gasteiger partial charge in [-0.3, -0.25) is 4.90 Å². The van der Waals surface area contributed by atoms with Crippen LogP contribution >= 0.6 is 11.8 Å². The molecule has 1 heterocycles. The molecule has 1 aliphatic heterocycles. The maximum atomic E-state index is 6.29. The number of nitrogens with two attached hydrogens (primary N) is 1. The van der Waals surface area contributed by atoms with Gasteiger partial charge in [0.15, 0.2) is 0 Å². The monoisotopic (exact) mass is 312 g/mol. The highest BCUT2D eigenvalue weighted by Gasteiger charge is 2.42. The molecule has 1 saturated carbocycles. The minimum Gasteiger partial charge on any atom is -0.329 e. The molecule has 0 amide bonds. The lowest BCUT2D eigenvalue weighted by Gasteiger charge is -2.49. The van der Waals surface area contributed by atoms with Crippen molar-refractivity contribution in [3.8, 4) is 0 Å². The van der Waals surface area contributed by atoms with Gasteiger partial charge in [-0.2, -0.15) is 11.8 Å². The lowest BCUT2D eigenvalue weighted by molar-refractivity contribution is 0.0244. The van der Waals surface area contributed by atoms with Crippen molar-refractivity contribution in [1.82, 2.24) is 4.90 Å². The van der Waals surface area contributed by atoms with Crippen molar-refractivity contribution in [2.75, 3.05) is 25.4 Å². The molecule has 1 saturated heterocycles. The predicted octanol–water partition coefficient (Wildman–Crippen LogP) is 4.14. The van der Waals surface area contributed by atoms with E-state index in [0.717, 1.165) is 12.5 Å². The summed E-state index contributed by atoms with van der Waals surface area (Å²) in [5, 5.41) is 0. The summed E-state index contributed by atoms with van der Waals surface area (Å²) < 4.78 is 0.438. The number of hydrogen-bond acceptors (Lipinski definition) is 3. The molecule has 0 radical (unpaired) electrons. The average molecular weight is 313 g/mol. The summed E-state index contributed by atoms with van der Waals surface area (Å²) in [6.07, 6.45) is 6.61. The van der Waals surface area contributed by atoms with E-state index in [-0.39, 0.29) is 0 Å². The summed E-state index contributed by atoms with van der Waals surface area (Å²) in [5.41, 5.74) is 7.04. The third-order valence-corrected chi connectivity index (χ3v) is 7.40. The van der Waals surface area contributed by atoms with Crippen LogP contribution in [0.2, 0.25) is 0 Å². The predicted molar refractivity (Wildman–Crippen MR) is 95.9 cm³/mol. The van der Waals surface area contributed by atoms with Crippen molar-refractivity contribution in [1.29, 1.82) is 0 Å². The second-order valence-corrected chi connectivity index (χ2v) is 10.7. The van der Waals surface area contributed by atoms with Gasteiger partial charge in [-0.15, -0.1) is 0 Å². The first-order valence-corrected chi connectivity index (χ1v) is 9.76. The van der Waals surface area contributed by atoms with E-state index >= 15 is 0 Å². The van der Waals surface area contributed by atoms with Crippen LogP contribution in [0.15, 0.2) is 0 Å². The number of rotatable bonds is 2. The Morgan fingerprint density at radius 1 is 1.10 bits per heavy atom. The second-order valence-electron chi connectivity index (χ2n) is 8.91. The van der Waals surface area contributed by atoms with Crippen LogP contribution in [0.25, 0.3) is 0 Å². The topological polar surface area (TPSA) is 29.3 Å². The highest BCUT2D eigenvalue weighted by molar-refractivity contribution is 8.00. The molecule has 2 fully saturated rings. The van der Waals surface area contributed by atoms with Gasteiger partial charge in [0.05, 0.1) is 0 Å². The maximum absolute atomic E-state index is 6.29. The van der Waals surface area contributed by atoms with Crippen molar-refractivity contribution < 1.29 is 0 Å². The lowest BCUT2D eigenvalue weighted by atomic mass is 9.66. The smallest absolute Gasteiger partial charge is 0.0332 e. The fourth-order valence-corrected chi connectivity index (χ4v) is 5.27. The molecule has 0 atom stereocenters. The molecule has 0 aromatic heterocycles. The molecule has 2 nitrogen and oxygen atoms in total. The van der Waals surface area contributed by atoms with Crippen molar-refractivity contribution in [3.63, 3.8) is 0 Å². The lowest BCUT2D eigenvalue weighted by Crippen LogP contribution is -2.57. The molecule has 0 bridgehead atoms. The Kier molecular flexibility index (Phi) is 5.38. The number of hydrogen-bond donors (Lipinski definition) is 1. The van der Waals surface area contributed by atoms with Crippen molar-refractivity contribution in [2.45, 2.75) is 77.0 Å². The van der Waals surface area contributed by atoms with Crippen LogP contribution in [0.5, 0.6) is 0 Å². The van der Waals surface area contributed by atoms with Crippen LogP contribution < -0.4 is 5.73 Å². The molecule has 2 N–H and O–H groups in total. The molecular formula is C18H36N2S. The van der Waals surface area contributed by atoms with Gasteiger partial charge < -0.3 is 5.73 Å². The van der Waals surface area contributed by atoms with E-state index in [4.69, 9.17) is 5.73 Å². The Bertz CT molecular complexity index is 338. The summed E-state index contributed by atoms with van der Waals surface area (Å²) in [4.78, 5) is 2.76. The van der Waals surface area contributed by atoms with Crippen LogP contribution in [0.3, 0.4) is 0 Å². The van der Waals surface area contributed by atoms with Crippen LogP contribution in [0.4, 0.5) is 0 Å². The molecule has 0 spiro atoms. The molecule has 0 aromatic rings. The largest absolute Gasteiger partial charge is 0.329 e. The van der Waals surface area contributed by atoms with E-state index in [0.29, 0.717) is 15.7 Å². The zero-order valence-electron chi connectivity index (χ0n) is 14.9. The van der Waals surface area contributed by atoms with E-state index in [2.05, 4.69) is 51.3 Å². The normalized spacial score (nSPS) is 35.4. The quantitative estimate of drug-likeness (QED) is 0.831. The highest BCUT2D eigenvalue weighted by Crippen LogP contribution is 2.44. The second kappa shape index (κ2) is 6.41. The first-order chi connectivity index (χ1) is 9.69. The molecule has 2 aliphatic rings. The van der Waals surface area contributed by atoms with Crippen LogP contribution in [-0.4, -0.2) is 40.6 Å². The van der Waals surface area contributed by atoms with Crippen molar-refractivity contribution in [3.05, 3.63) is 0 Å². The van der Waals surface area contributed by atoms with E-state index < -0.39 is 0 Å². The van der Waals surface area contributed by atoms with Gasteiger partial charge in [0.1, 0.15) is 0 Å². The summed E-state index contributed by atoms with van der Waals surface area (Å²) in [6, 6.07) is 0. The Balaban J connectivity index is 2.03. The third kappa shape index (κ3) is 4.17. The van der Waals surface area contributed by atoms with Crippen molar-refractivity contribution >= 4 is 11.8 Å². The number of thioether (sulfide) groups is 1. The fraction of sp³-hybridized carbons (Fsp3) is 1.00. The third-order valence-electron chi connectivity index (χ3n) is 6.03.